The fourth-order valence-corrected chi connectivity index (χ4v) is 3.02. The molecule has 1 aromatic heterocycles. The molecule has 102 valence electrons. The zero-order valence-electron chi connectivity index (χ0n) is 11.3. The molecule has 1 aliphatic heterocycles. The molecule has 0 spiro atoms. The molecule has 1 saturated heterocycles. The topological polar surface area (TPSA) is 37.4 Å². The summed E-state index contributed by atoms with van der Waals surface area (Å²) in [5.41, 5.74) is 3.12. The highest BCUT2D eigenvalue weighted by molar-refractivity contribution is 7.09. The molecular weight excluding hydrogens is 246 g/mol. The van der Waals surface area contributed by atoms with Crippen molar-refractivity contribution in [2.75, 3.05) is 39.4 Å². The Bertz CT molecular complexity index is 350. The minimum atomic E-state index is 0.538. The zero-order chi connectivity index (χ0) is 12.8. The molecule has 4 nitrogen and oxygen atoms in total. The van der Waals surface area contributed by atoms with E-state index >= 15 is 0 Å². The lowest BCUT2D eigenvalue weighted by Crippen LogP contribution is -2.44. The molecule has 1 N–H and O–H groups in total. The maximum absolute atomic E-state index is 5.36. The average Bonchev–Trinajstić information content (AvgIpc) is 2.76. The summed E-state index contributed by atoms with van der Waals surface area (Å²) in [5.74, 6) is 0. The van der Waals surface area contributed by atoms with Crippen LogP contribution in [0.15, 0.2) is 5.51 Å². The van der Waals surface area contributed by atoms with E-state index in [2.05, 4.69) is 29.0 Å². The van der Waals surface area contributed by atoms with Crippen molar-refractivity contribution in [1.82, 2.24) is 15.2 Å². The first-order valence-electron chi connectivity index (χ1n) is 6.68. The van der Waals surface area contributed by atoms with Gasteiger partial charge in [-0.1, -0.05) is 0 Å². The van der Waals surface area contributed by atoms with Crippen molar-refractivity contribution < 1.29 is 4.74 Å². The number of hydrogen-bond acceptors (Lipinski definition) is 5. The maximum atomic E-state index is 5.36. The highest BCUT2D eigenvalue weighted by Crippen LogP contribution is 2.12. The minimum Gasteiger partial charge on any atom is -0.379 e. The van der Waals surface area contributed by atoms with Crippen LogP contribution in [-0.4, -0.2) is 55.3 Å². The van der Waals surface area contributed by atoms with Crippen molar-refractivity contribution in [3.63, 3.8) is 0 Å². The van der Waals surface area contributed by atoms with Gasteiger partial charge in [-0.3, -0.25) is 4.90 Å². The van der Waals surface area contributed by atoms with Crippen LogP contribution in [-0.2, 0) is 11.2 Å². The third-order valence-corrected chi connectivity index (χ3v) is 4.32. The van der Waals surface area contributed by atoms with Crippen LogP contribution in [0.4, 0.5) is 0 Å². The third-order valence-electron chi connectivity index (χ3n) is 3.33. The summed E-state index contributed by atoms with van der Waals surface area (Å²) < 4.78 is 5.36. The van der Waals surface area contributed by atoms with Crippen molar-refractivity contribution in [1.29, 1.82) is 0 Å². The van der Waals surface area contributed by atoms with E-state index in [1.807, 2.05) is 5.51 Å². The fraction of sp³-hybridized carbons (Fsp3) is 0.769. The van der Waals surface area contributed by atoms with Gasteiger partial charge in [0, 0.05) is 37.1 Å². The molecule has 0 radical (unpaired) electrons. The second-order valence-corrected chi connectivity index (χ2v) is 5.82. The van der Waals surface area contributed by atoms with Crippen LogP contribution in [0.3, 0.4) is 0 Å². The first kappa shape index (κ1) is 13.9. The van der Waals surface area contributed by atoms with Gasteiger partial charge in [-0.05, 0) is 20.3 Å². The Kier molecular flexibility index (Phi) is 5.56. The number of ether oxygens (including phenoxy) is 1. The van der Waals surface area contributed by atoms with Gasteiger partial charge >= 0.3 is 0 Å². The fourth-order valence-electron chi connectivity index (χ4n) is 2.23. The number of nitrogens with one attached hydrogen (secondary N) is 1. The van der Waals surface area contributed by atoms with Crippen molar-refractivity contribution in [2.45, 2.75) is 26.3 Å². The lowest BCUT2D eigenvalue weighted by atomic mass is 10.2. The highest BCUT2D eigenvalue weighted by atomic mass is 32.1. The summed E-state index contributed by atoms with van der Waals surface area (Å²) in [4.78, 5) is 8.15. The molecule has 1 atom stereocenters. The lowest BCUT2D eigenvalue weighted by molar-refractivity contribution is 0.0344. The zero-order valence-corrected chi connectivity index (χ0v) is 12.1. The molecule has 18 heavy (non-hydrogen) atoms. The molecule has 0 bridgehead atoms. The van der Waals surface area contributed by atoms with Crippen molar-refractivity contribution in [3.8, 4) is 0 Å². The van der Waals surface area contributed by atoms with E-state index in [9.17, 15) is 0 Å². The van der Waals surface area contributed by atoms with Gasteiger partial charge in [0.25, 0.3) is 0 Å². The van der Waals surface area contributed by atoms with Gasteiger partial charge in [0.2, 0.25) is 0 Å². The summed E-state index contributed by atoms with van der Waals surface area (Å²) in [5, 5.41) is 3.59. The Balaban J connectivity index is 1.62. The molecule has 0 aromatic carbocycles. The Morgan fingerprint density at radius 2 is 2.28 bits per heavy atom. The van der Waals surface area contributed by atoms with E-state index in [1.54, 1.807) is 11.3 Å². The number of morpholine rings is 1. The molecule has 5 heteroatoms. The van der Waals surface area contributed by atoms with Crippen LogP contribution in [0.1, 0.15) is 17.5 Å². The average molecular weight is 269 g/mol. The molecule has 1 unspecified atom stereocenters. The van der Waals surface area contributed by atoms with Gasteiger partial charge in [0.05, 0.1) is 24.4 Å². The summed E-state index contributed by atoms with van der Waals surface area (Å²) in [7, 11) is 0. The predicted molar refractivity (Wildman–Crippen MR) is 75.3 cm³/mol. The van der Waals surface area contributed by atoms with E-state index < -0.39 is 0 Å². The monoisotopic (exact) mass is 269 g/mol. The molecule has 0 aliphatic carbocycles. The molecule has 2 heterocycles. The van der Waals surface area contributed by atoms with E-state index in [4.69, 9.17) is 4.74 Å². The number of aromatic nitrogens is 1. The lowest BCUT2D eigenvalue weighted by Gasteiger charge is -2.29. The van der Waals surface area contributed by atoms with E-state index in [-0.39, 0.29) is 0 Å². The molecular formula is C13H23N3OS. The van der Waals surface area contributed by atoms with Crippen LogP contribution in [0.25, 0.3) is 0 Å². The summed E-state index contributed by atoms with van der Waals surface area (Å²) in [6.45, 7) is 10.4. The first-order chi connectivity index (χ1) is 8.75. The van der Waals surface area contributed by atoms with Crippen LogP contribution >= 0.6 is 11.3 Å². The van der Waals surface area contributed by atoms with Crippen molar-refractivity contribution in [2.24, 2.45) is 0 Å². The van der Waals surface area contributed by atoms with Crippen LogP contribution in [0.5, 0.6) is 0 Å². The van der Waals surface area contributed by atoms with Gasteiger partial charge < -0.3 is 10.1 Å². The molecule has 0 saturated carbocycles. The minimum absolute atomic E-state index is 0.538. The van der Waals surface area contributed by atoms with E-state index in [1.165, 1.54) is 10.6 Å². The van der Waals surface area contributed by atoms with Gasteiger partial charge in [-0.25, -0.2) is 4.98 Å². The van der Waals surface area contributed by atoms with Crippen LogP contribution in [0, 0.1) is 6.92 Å². The largest absolute Gasteiger partial charge is 0.379 e. The summed E-state index contributed by atoms with van der Waals surface area (Å²) in [6, 6.07) is 0.538. The quantitative estimate of drug-likeness (QED) is 0.845. The normalized spacial score (nSPS) is 19.0. The number of hydrogen-bond donors (Lipinski definition) is 1. The number of aryl methyl sites for hydroxylation is 1. The van der Waals surface area contributed by atoms with Crippen LogP contribution < -0.4 is 5.32 Å². The van der Waals surface area contributed by atoms with Crippen molar-refractivity contribution in [3.05, 3.63) is 16.1 Å². The van der Waals surface area contributed by atoms with Gasteiger partial charge in [0.1, 0.15) is 0 Å². The molecule has 1 fully saturated rings. The maximum Gasteiger partial charge on any atom is 0.0797 e. The highest BCUT2D eigenvalue weighted by Gasteiger charge is 2.13. The van der Waals surface area contributed by atoms with Crippen molar-refractivity contribution >= 4 is 11.3 Å². The van der Waals surface area contributed by atoms with Gasteiger partial charge in [0.15, 0.2) is 0 Å². The Labute approximate surface area is 113 Å². The standard InChI is InChI=1S/C13H23N3OS/c1-11(9-16-5-7-17-8-6-16)14-4-3-13-12(2)15-10-18-13/h10-11,14H,3-9H2,1-2H3. The molecule has 2 rings (SSSR count). The Hall–Kier alpha value is -0.490. The third kappa shape index (κ3) is 4.31. The molecule has 1 aromatic rings. The summed E-state index contributed by atoms with van der Waals surface area (Å²) >= 11 is 1.76. The molecule has 1 aliphatic rings. The van der Waals surface area contributed by atoms with Gasteiger partial charge in [-0.2, -0.15) is 0 Å². The number of nitrogens with zero attached hydrogens (tertiary/aromatic N) is 2. The first-order valence-corrected chi connectivity index (χ1v) is 7.56. The van der Waals surface area contributed by atoms with E-state index in [0.717, 1.165) is 45.8 Å². The number of rotatable bonds is 6. The molecule has 0 amide bonds. The summed E-state index contributed by atoms with van der Waals surface area (Å²) in [6.07, 6.45) is 1.09. The smallest absolute Gasteiger partial charge is 0.0797 e. The SMILES string of the molecule is Cc1ncsc1CCNC(C)CN1CCOCC1. The second kappa shape index (κ2) is 7.19. The predicted octanol–water partition coefficient (Wildman–Crippen LogP) is 1.30. The van der Waals surface area contributed by atoms with E-state index in [0.29, 0.717) is 6.04 Å². The van der Waals surface area contributed by atoms with Crippen LogP contribution in [0.2, 0.25) is 0 Å². The number of thiazole rings is 1. The Morgan fingerprint density at radius 3 is 2.94 bits per heavy atom. The second-order valence-electron chi connectivity index (χ2n) is 4.88. The Morgan fingerprint density at radius 1 is 1.50 bits per heavy atom. The van der Waals surface area contributed by atoms with Gasteiger partial charge in [-0.15, -0.1) is 11.3 Å².